The lowest BCUT2D eigenvalue weighted by Gasteiger charge is -2.42. The van der Waals surface area contributed by atoms with Crippen molar-refractivity contribution in [2.24, 2.45) is 0 Å². The van der Waals surface area contributed by atoms with Crippen LogP contribution < -0.4 is 19.5 Å². The number of hydrogen-bond donors (Lipinski definition) is 1. The molecular formula is C29H39N3O5. The van der Waals surface area contributed by atoms with E-state index < -0.39 is 12.0 Å². The third-order valence-corrected chi connectivity index (χ3v) is 7.66. The minimum absolute atomic E-state index is 0.0761. The van der Waals surface area contributed by atoms with Crippen molar-refractivity contribution in [3.8, 4) is 17.2 Å². The highest BCUT2D eigenvalue weighted by Crippen LogP contribution is 2.47. The molecule has 0 aromatic heterocycles. The molecule has 4 rings (SSSR count). The maximum atomic E-state index is 13.9. The Morgan fingerprint density at radius 1 is 1.08 bits per heavy atom. The maximum absolute atomic E-state index is 13.9. The molecule has 2 aliphatic rings. The number of hydrogen-bond acceptors (Lipinski definition) is 6. The van der Waals surface area contributed by atoms with Gasteiger partial charge in [-0.3, -0.25) is 9.59 Å². The third-order valence-electron chi connectivity index (χ3n) is 7.66. The molecule has 2 heterocycles. The van der Waals surface area contributed by atoms with E-state index in [9.17, 15) is 9.59 Å². The SMILES string of the molecule is CCCN1C(=O)c2ccccc2[C@H](C(=O)NCC[C@@H]2CCCN2C)[C@H]1c1cc(OC)c(OC)c(OC)c1. The fourth-order valence-corrected chi connectivity index (χ4v) is 5.82. The summed E-state index contributed by atoms with van der Waals surface area (Å²) in [7, 11) is 6.83. The standard InChI is InChI=1S/C29H39N3O5/c1-6-15-32-26(19-17-23(35-3)27(37-5)24(18-19)36-4)25(21-11-7-8-12-22(21)29(32)34)28(33)30-14-13-20-10-9-16-31(20)2/h7-8,11-12,17-18,20,25-26H,6,9-10,13-16H2,1-5H3,(H,30,33)/t20-,25-,26+/m0/s1. The van der Waals surface area contributed by atoms with E-state index in [1.807, 2.05) is 48.2 Å². The molecule has 0 aliphatic carbocycles. The van der Waals surface area contributed by atoms with Crippen molar-refractivity contribution in [3.05, 3.63) is 53.1 Å². The number of carbonyl (C=O) groups excluding carboxylic acids is 2. The van der Waals surface area contributed by atoms with Crippen LogP contribution in [0.1, 0.15) is 66.1 Å². The molecule has 8 heteroatoms. The number of amides is 2. The molecule has 0 spiro atoms. The molecule has 37 heavy (non-hydrogen) atoms. The second-order valence-corrected chi connectivity index (χ2v) is 9.82. The first-order valence-electron chi connectivity index (χ1n) is 13.1. The first kappa shape index (κ1) is 26.8. The van der Waals surface area contributed by atoms with Crippen molar-refractivity contribution in [3.63, 3.8) is 0 Å². The quantitative estimate of drug-likeness (QED) is 0.522. The molecule has 0 bridgehead atoms. The highest BCUT2D eigenvalue weighted by Gasteiger charge is 2.44. The van der Waals surface area contributed by atoms with E-state index in [-0.39, 0.29) is 11.8 Å². The molecular weight excluding hydrogens is 470 g/mol. The van der Waals surface area contributed by atoms with E-state index in [0.29, 0.717) is 41.9 Å². The van der Waals surface area contributed by atoms with Crippen molar-refractivity contribution in [2.45, 2.75) is 50.6 Å². The summed E-state index contributed by atoms with van der Waals surface area (Å²) < 4.78 is 16.8. The molecule has 2 aromatic rings. The van der Waals surface area contributed by atoms with Gasteiger partial charge in [-0.25, -0.2) is 0 Å². The van der Waals surface area contributed by atoms with Crippen LogP contribution in [0.5, 0.6) is 17.2 Å². The minimum Gasteiger partial charge on any atom is -0.493 e. The van der Waals surface area contributed by atoms with E-state index in [0.717, 1.165) is 36.9 Å². The zero-order valence-electron chi connectivity index (χ0n) is 22.6. The van der Waals surface area contributed by atoms with Crippen molar-refractivity contribution in [1.82, 2.24) is 15.1 Å². The average molecular weight is 510 g/mol. The van der Waals surface area contributed by atoms with E-state index in [1.54, 1.807) is 21.3 Å². The fourth-order valence-electron chi connectivity index (χ4n) is 5.82. The molecule has 0 saturated carbocycles. The van der Waals surface area contributed by atoms with Crippen LogP contribution in [0.25, 0.3) is 0 Å². The zero-order valence-corrected chi connectivity index (χ0v) is 22.6. The number of methoxy groups -OCH3 is 3. The lowest BCUT2D eigenvalue weighted by Crippen LogP contribution is -2.48. The molecule has 0 unspecified atom stereocenters. The smallest absolute Gasteiger partial charge is 0.254 e. The Labute approximate surface area is 219 Å². The molecule has 2 aliphatic heterocycles. The topological polar surface area (TPSA) is 80.3 Å². The number of carbonyl (C=O) groups is 2. The van der Waals surface area contributed by atoms with Gasteiger partial charge in [-0.05, 0) is 68.6 Å². The number of nitrogens with zero attached hydrogens (tertiary/aromatic N) is 2. The van der Waals surface area contributed by atoms with E-state index in [2.05, 4.69) is 17.3 Å². The van der Waals surface area contributed by atoms with Crippen LogP contribution in [0.4, 0.5) is 0 Å². The number of nitrogens with one attached hydrogen (secondary N) is 1. The van der Waals surface area contributed by atoms with Crippen LogP contribution >= 0.6 is 0 Å². The van der Waals surface area contributed by atoms with Crippen LogP contribution in [-0.2, 0) is 4.79 Å². The van der Waals surface area contributed by atoms with Gasteiger partial charge in [0.2, 0.25) is 11.7 Å². The Kier molecular flexibility index (Phi) is 8.59. The van der Waals surface area contributed by atoms with Gasteiger partial charge in [-0.2, -0.15) is 0 Å². The molecule has 1 fully saturated rings. The molecule has 1 N–H and O–H groups in total. The summed E-state index contributed by atoms with van der Waals surface area (Å²) in [6.45, 7) is 4.25. The number of rotatable bonds is 10. The van der Waals surface area contributed by atoms with Gasteiger partial charge in [-0.15, -0.1) is 0 Å². The number of ether oxygens (including phenoxy) is 3. The molecule has 3 atom stereocenters. The Balaban J connectivity index is 1.76. The second-order valence-electron chi connectivity index (χ2n) is 9.82. The number of fused-ring (bicyclic) bond motifs is 1. The highest BCUT2D eigenvalue weighted by atomic mass is 16.5. The van der Waals surface area contributed by atoms with Gasteiger partial charge < -0.3 is 29.3 Å². The van der Waals surface area contributed by atoms with Crippen LogP contribution in [0, 0.1) is 0 Å². The third kappa shape index (κ3) is 5.25. The summed E-state index contributed by atoms with van der Waals surface area (Å²) in [5.74, 6) is 0.712. The molecule has 0 radical (unpaired) electrons. The zero-order chi connectivity index (χ0) is 26.5. The summed E-state index contributed by atoms with van der Waals surface area (Å²) in [5, 5.41) is 3.21. The van der Waals surface area contributed by atoms with E-state index in [1.165, 1.54) is 6.42 Å². The van der Waals surface area contributed by atoms with Gasteiger partial charge in [0, 0.05) is 24.7 Å². The first-order chi connectivity index (χ1) is 17.9. The summed E-state index contributed by atoms with van der Waals surface area (Å²) >= 11 is 0. The molecule has 2 amide bonds. The van der Waals surface area contributed by atoms with Crippen LogP contribution in [0.3, 0.4) is 0 Å². The van der Waals surface area contributed by atoms with Gasteiger partial charge in [0.25, 0.3) is 5.91 Å². The molecule has 1 saturated heterocycles. The van der Waals surface area contributed by atoms with Crippen LogP contribution in [0.15, 0.2) is 36.4 Å². The molecule has 8 nitrogen and oxygen atoms in total. The average Bonchev–Trinajstić information content (AvgIpc) is 3.33. The fraction of sp³-hybridized carbons (Fsp3) is 0.517. The van der Waals surface area contributed by atoms with Gasteiger partial charge in [0.05, 0.1) is 33.3 Å². The van der Waals surface area contributed by atoms with Crippen LogP contribution in [-0.4, -0.2) is 75.7 Å². The predicted molar refractivity (Wildman–Crippen MR) is 143 cm³/mol. The van der Waals surface area contributed by atoms with E-state index >= 15 is 0 Å². The van der Waals surface area contributed by atoms with Gasteiger partial charge in [-0.1, -0.05) is 25.1 Å². The predicted octanol–water partition coefficient (Wildman–Crippen LogP) is 4.00. The minimum atomic E-state index is -0.579. The summed E-state index contributed by atoms with van der Waals surface area (Å²) in [6.07, 6.45) is 4.02. The maximum Gasteiger partial charge on any atom is 0.254 e. The second kappa shape index (κ2) is 11.9. The Bertz CT molecular complexity index is 1100. The Morgan fingerprint density at radius 3 is 2.38 bits per heavy atom. The van der Waals surface area contributed by atoms with Crippen LogP contribution in [0.2, 0.25) is 0 Å². The number of likely N-dealkylation sites (tertiary alicyclic amines) is 1. The van der Waals surface area contributed by atoms with Gasteiger partial charge in [0.15, 0.2) is 11.5 Å². The summed E-state index contributed by atoms with van der Waals surface area (Å²) in [5.41, 5.74) is 2.09. The van der Waals surface area contributed by atoms with Crippen molar-refractivity contribution < 1.29 is 23.8 Å². The Hall–Kier alpha value is -3.26. The molecule has 2 aromatic carbocycles. The Morgan fingerprint density at radius 2 is 1.78 bits per heavy atom. The lowest BCUT2D eigenvalue weighted by molar-refractivity contribution is -0.124. The molecule has 200 valence electrons. The summed E-state index contributed by atoms with van der Waals surface area (Å²) in [4.78, 5) is 31.8. The van der Waals surface area contributed by atoms with E-state index in [4.69, 9.17) is 14.2 Å². The largest absolute Gasteiger partial charge is 0.493 e. The van der Waals surface area contributed by atoms with Gasteiger partial charge in [0.1, 0.15) is 0 Å². The number of benzene rings is 2. The van der Waals surface area contributed by atoms with Crippen molar-refractivity contribution in [1.29, 1.82) is 0 Å². The van der Waals surface area contributed by atoms with Crippen molar-refractivity contribution >= 4 is 11.8 Å². The van der Waals surface area contributed by atoms with Crippen molar-refractivity contribution in [2.75, 3.05) is 48.0 Å². The van der Waals surface area contributed by atoms with Gasteiger partial charge >= 0.3 is 0 Å². The highest BCUT2D eigenvalue weighted by molar-refractivity contribution is 6.01. The monoisotopic (exact) mass is 509 g/mol. The summed E-state index contributed by atoms with van der Waals surface area (Å²) in [6, 6.07) is 11.1. The lowest BCUT2D eigenvalue weighted by atomic mass is 9.79. The first-order valence-corrected chi connectivity index (χ1v) is 13.1. The normalized spacial score (nSPS) is 21.5.